The van der Waals surface area contributed by atoms with E-state index in [4.69, 9.17) is 0 Å². The van der Waals surface area contributed by atoms with Gasteiger partial charge in [0.1, 0.15) is 17.2 Å². The van der Waals surface area contributed by atoms with E-state index in [2.05, 4.69) is 0 Å². The highest BCUT2D eigenvalue weighted by Crippen LogP contribution is 2.44. The maximum absolute atomic E-state index is 10.6. The van der Waals surface area contributed by atoms with Crippen molar-refractivity contribution >= 4 is 0 Å². The molecule has 0 heterocycles. The highest BCUT2D eigenvalue weighted by molar-refractivity contribution is 5.79. The molecule has 0 unspecified atom stereocenters. The number of phenols is 3. The molecule has 0 aliphatic rings. The first kappa shape index (κ1) is 15.2. The Balaban J connectivity index is 2.82. The third-order valence-corrected chi connectivity index (χ3v) is 3.98. The molecule has 0 bridgehead atoms. The van der Waals surface area contributed by atoms with Crippen molar-refractivity contribution in [3.63, 3.8) is 0 Å². The van der Waals surface area contributed by atoms with Gasteiger partial charge in [0.25, 0.3) is 0 Å². The van der Waals surface area contributed by atoms with Crippen LogP contribution in [-0.2, 0) is 19.3 Å². The Kier molecular flexibility index (Phi) is 4.41. The molecule has 0 saturated heterocycles. The lowest BCUT2D eigenvalue weighted by atomic mass is 9.87. The summed E-state index contributed by atoms with van der Waals surface area (Å²) in [5, 5.41) is 30.4. The molecule has 0 amide bonds. The SMILES string of the molecule is CCc1c(O)c(CC)c(CC)c(-c2ccc(O)cc2)c1O. The van der Waals surface area contributed by atoms with E-state index in [0.717, 1.165) is 28.7 Å². The normalized spacial score (nSPS) is 10.8. The first-order valence-corrected chi connectivity index (χ1v) is 7.42. The molecule has 2 rings (SSSR count). The maximum Gasteiger partial charge on any atom is 0.130 e. The Morgan fingerprint density at radius 1 is 0.667 bits per heavy atom. The second kappa shape index (κ2) is 6.08. The van der Waals surface area contributed by atoms with Gasteiger partial charge in [0.2, 0.25) is 0 Å². The van der Waals surface area contributed by atoms with Crippen LogP contribution in [-0.4, -0.2) is 15.3 Å². The van der Waals surface area contributed by atoms with E-state index in [1.165, 1.54) is 0 Å². The second-order valence-corrected chi connectivity index (χ2v) is 5.12. The van der Waals surface area contributed by atoms with E-state index in [0.29, 0.717) is 18.4 Å². The van der Waals surface area contributed by atoms with Crippen LogP contribution in [0.2, 0.25) is 0 Å². The van der Waals surface area contributed by atoms with E-state index in [-0.39, 0.29) is 17.2 Å². The fourth-order valence-electron chi connectivity index (χ4n) is 2.93. The largest absolute Gasteiger partial charge is 0.508 e. The van der Waals surface area contributed by atoms with Gasteiger partial charge in [-0.2, -0.15) is 0 Å². The van der Waals surface area contributed by atoms with Gasteiger partial charge in [0.15, 0.2) is 0 Å². The Labute approximate surface area is 125 Å². The van der Waals surface area contributed by atoms with Gasteiger partial charge in [-0.05, 0) is 48.1 Å². The van der Waals surface area contributed by atoms with Crippen LogP contribution in [0.15, 0.2) is 24.3 Å². The Morgan fingerprint density at radius 3 is 1.67 bits per heavy atom. The summed E-state index contributed by atoms with van der Waals surface area (Å²) < 4.78 is 0. The summed E-state index contributed by atoms with van der Waals surface area (Å²) in [7, 11) is 0. The van der Waals surface area contributed by atoms with Gasteiger partial charge in [-0.1, -0.05) is 32.9 Å². The minimum absolute atomic E-state index is 0.148. The van der Waals surface area contributed by atoms with Crippen molar-refractivity contribution in [3.8, 4) is 28.4 Å². The lowest BCUT2D eigenvalue weighted by molar-refractivity contribution is 0.435. The Morgan fingerprint density at radius 2 is 1.19 bits per heavy atom. The molecular formula is C18H22O3. The zero-order chi connectivity index (χ0) is 15.6. The van der Waals surface area contributed by atoms with Gasteiger partial charge < -0.3 is 15.3 Å². The third-order valence-electron chi connectivity index (χ3n) is 3.98. The van der Waals surface area contributed by atoms with Crippen LogP contribution in [0, 0.1) is 0 Å². The number of hydrogen-bond acceptors (Lipinski definition) is 3. The summed E-state index contributed by atoms with van der Waals surface area (Å²) >= 11 is 0. The molecule has 0 fully saturated rings. The molecule has 0 spiro atoms. The highest BCUT2D eigenvalue weighted by Gasteiger charge is 2.21. The van der Waals surface area contributed by atoms with Gasteiger partial charge in [-0.3, -0.25) is 0 Å². The van der Waals surface area contributed by atoms with Crippen molar-refractivity contribution in [3.05, 3.63) is 41.0 Å². The van der Waals surface area contributed by atoms with Crippen LogP contribution in [0.3, 0.4) is 0 Å². The van der Waals surface area contributed by atoms with Gasteiger partial charge >= 0.3 is 0 Å². The van der Waals surface area contributed by atoms with Gasteiger partial charge in [-0.15, -0.1) is 0 Å². The molecule has 0 saturated carbocycles. The number of phenolic OH excluding ortho intramolecular Hbond substituents is 3. The van der Waals surface area contributed by atoms with E-state index >= 15 is 0 Å². The topological polar surface area (TPSA) is 60.7 Å². The average Bonchev–Trinajstić information content (AvgIpc) is 2.48. The van der Waals surface area contributed by atoms with E-state index < -0.39 is 0 Å². The van der Waals surface area contributed by atoms with Crippen molar-refractivity contribution in [1.29, 1.82) is 0 Å². The predicted molar refractivity (Wildman–Crippen MR) is 85.0 cm³/mol. The van der Waals surface area contributed by atoms with Crippen LogP contribution in [0.5, 0.6) is 17.2 Å². The van der Waals surface area contributed by atoms with Crippen LogP contribution in [0.1, 0.15) is 37.5 Å². The van der Waals surface area contributed by atoms with Crippen molar-refractivity contribution in [1.82, 2.24) is 0 Å². The monoisotopic (exact) mass is 286 g/mol. The van der Waals surface area contributed by atoms with Gasteiger partial charge in [0, 0.05) is 11.1 Å². The number of hydrogen-bond donors (Lipinski definition) is 3. The molecule has 0 atom stereocenters. The van der Waals surface area contributed by atoms with Crippen molar-refractivity contribution < 1.29 is 15.3 Å². The average molecular weight is 286 g/mol. The minimum Gasteiger partial charge on any atom is -0.508 e. The molecule has 0 aromatic heterocycles. The van der Waals surface area contributed by atoms with E-state index in [1.54, 1.807) is 24.3 Å². The molecule has 21 heavy (non-hydrogen) atoms. The quantitative estimate of drug-likeness (QED) is 0.791. The van der Waals surface area contributed by atoms with Crippen molar-refractivity contribution in [2.24, 2.45) is 0 Å². The summed E-state index contributed by atoms with van der Waals surface area (Å²) in [6.45, 7) is 5.94. The zero-order valence-electron chi connectivity index (χ0n) is 12.8. The number of rotatable bonds is 4. The lowest BCUT2D eigenvalue weighted by Crippen LogP contribution is -2.00. The molecule has 2 aromatic carbocycles. The summed E-state index contributed by atoms with van der Waals surface area (Å²) in [5.41, 5.74) is 4.08. The van der Waals surface area contributed by atoms with Crippen LogP contribution in [0.25, 0.3) is 11.1 Å². The molecule has 3 heteroatoms. The van der Waals surface area contributed by atoms with Gasteiger partial charge in [0.05, 0.1) is 0 Å². The molecule has 112 valence electrons. The molecular weight excluding hydrogens is 264 g/mol. The smallest absolute Gasteiger partial charge is 0.130 e. The standard InChI is InChI=1S/C18H22O3/c1-4-13-14(5-2)17(20)15(6-3)18(21)16(13)11-7-9-12(19)10-8-11/h7-10,19-21H,4-6H2,1-3H3. The number of aromatic hydroxyl groups is 3. The van der Waals surface area contributed by atoms with Crippen LogP contribution < -0.4 is 0 Å². The van der Waals surface area contributed by atoms with Crippen LogP contribution in [0.4, 0.5) is 0 Å². The molecule has 3 nitrogen and oxygen atoms in total. The summed E-state index contributed by atoms with van der Waals surface area (Å²) in [6.07, 6.45) is 2.01. The molecule has 0 aliphatic heterocycles. The maximum atomic E-state index is 10.6. The van der Waals surface area contributed by atoms with Crippen molar-refractivity contribution in [2.75, 3.05) is 0 Å². The first-order chi connectivity index (χ1) is 10.0. The minimum atomic E-state index is 0.148. The molecule has 0 aliphatic carbocycles. The summed E-state index contributed by atoms with van der Waals surface area (Å²) in [4.78, 5) is 0. The molecule has 2 aromatic rings. The lowest BCUT2D eigenvalue weighted by Gasteiger charge is -2.20. The second-order valence-electron chi connectivity index (χ2n) is 5.12. The fraction of sp³-hybridized carbons (Fsp3) is 0.333. The molecule has 3 N–H and O–H groups in total. The van der Waals surface area contributed by atoms with E-state index in [1.807, 2.05) is 20.8 Å². The summed E-state index contributed by atoms with van der Waals surface area (Å²) in [5.74, 6) is 0.563. The Hall–Kier alpha value is -2.16. The van der Waals surface area contributed by atoms with Crippen LogP contribution >= 0.6 is 0 Å². The third kappa shape index (κ3) is 2.56. The first-order valence-electron chi connectivity index (χ1n) is 7.42. The van der Waals surface area contributed by atoms with E-state index in [9.17, 15) is 15.3 Å². The highest BCUT2D eigenvalue weighted by atomic mass is 16.3. The van der Waals surface area contributed by atoms with Crippen molar-refractivity contribution in [2.45, 2.75) is 40.0 Å². The molecule has 0 radical (unpaired) electrons. The zero-order valence-corrected chi connectivity index (χ0v) is 12.8. The van der Waals surface area contributed by atoms with Gasteiger partial charge in [-0.25, -0.2) is 0 Å². The summed E-state index contributed by atoms with van der Waals surface area (Å²) in [6, 6.07) is 6.80. The predicted octanol–water partition coefficient (Wildman–Crippen LogP) is 4.16. The number of benzene rings is 2. The fourth-order valence-corrected chi connectivity index (χ4v) is 2.93. The Bertz CT molecular complexity index is 643.